The quantitative estimate of drug-likeness (QED) is 0.356. The number of imidazole rings is 1. The van der Waals surface area contributed by atoms with Crippen LogP contribution in [-0.2, 0) is 6.54 Å². The second-order valence-corrected chi connectivity index (χ2v) is 8.11. The molecule has 0 aliphatic heterocycles. The average Bonchev–Trinajstić information content (AvgIpc) is 3.06. The van der Waals surface area contributed by atoms with E-state index in [0.717, 1.165) is 34.0 Å². The number of hydrogen-bond acceptors (Lipinski definition) is 1. The summed E-state index contributed by atoms with van der Waals surface area (Å²) in [5.41, 5.74) is 10.1. The molecule has 0 aliphatic carbocycles. The normalized spacial score (nSPS) is 11.6. The van der Waals surface area contributed by atoms with Crippen LogP contribution < -0.4 is 0 Å². The Morgan fingerprint density at radius 1 is 0.862 bits per heavy atom. The molecule has 3 heteroatoms. The number of aromatic nitrogens is 2. The number of benzene rings is 3. The van der Waals surface area contributed by atoms with Gasteiger partial charge in [-0.1, -0.05) is 48.0 Å². The van der Waals surface area contributed by atoms with E-state index >= 15 is 0 Å². The maximum atomic E-state index is 6.01. The van der Waals surface area contributed by atoms with Crippen LogP contribution in [0.15, 0.2) is 54.6 Å². The highest BCUT2D eigenvalue weighted by molar-refractivity contribution is 6.30. The van der Waals surface area contributed by atoms with Gasteiger partial charge in [0, 0.05) is 5.02 Å². The molecule has 29 heavy (non-hydrogen) atoms. The molecule has 0 saturated carbocycles. The number of para-hydroxylation sites is 2. The van der Waals surface area contributed by atoms with Crippen molar-refractivity contribution in [1.82, 2.24) is 9.55 Å². The molecule has 0 saturated heterocycles. The Balaban J connectivity index is 1.82. The monoisotopic (exact) mass is 400 g/mol. The number of hydrogen-bond donors (Lipinski definition) is 0. The first kappa shape index (κ1) is 19.5. The number of fused-ring (bicyclic) bond motifs is 1. The van der Waals surface area contributed by atoms with E-state index in [1.54, 1.807) is 0 Å². The molecular weight excluding hydrogens is 376 g/mol. The van der Waals surface area contributed by atoms with Crippen molar-refractivity contribution in [3.8, 4) is 0 Å². The molecule has 3 aromatic carbocycles. The standard InChI is InChI=1S/C26H25ClN2/c1-17-15-18(2)20(4)23(19(17)3)16-29-25-8-6-5-7-24(25)28-26(29)14-11-21-9-12-22(27)13-10-21/h5-15H,16H2,1-4H3. The number of rotatable bonds is 4. The van der Waals surface area contributed by atoms with E-state index in [2.05, 4.69) is 68.7 Å². The first-order chi connectivity index (χ1) is 13.9. The predicted octanol–water partition coefficient (Wildman–Crippen LogP) is 7.14. The third-order valence-electron chi connectivity index (χ3n) is 5.82. The lowest BCUT2D eigenvalue weighted by atomic mass is 9.94. The fourth-order valence-electron chi connectivity index (χ4n) is 3.83. The molecule has 0 atom stereocenters. The van der Waals surface area contributed by atoms with Gasteiger partial charge in [-0.3, -0.25) is 0 Å². The molecule has 2 nitrogen and oxygen atoms in total. The van der Waals surface area contributed by atoms with E-state index in [1.165, 1.54) is 27.8 Å². The topological polar surface area (TPSA) is 17.8 Å². The van der Waals surface area contributed by atoms with Crippen LogP contribution in [0, 0.1) is 27.7 Å². The first-order valence-corrected chi connectivity index (χ1v) is 10.3. The Labute approximate surface area is 177 Å². The Hall–Kier alpha value is -2.84. The largest absolute Gasteiger partial charge is 0.320 e. The minimum absolute atomic E-state index is 0.746. The molecule has 1 aromatic heterocycles. The molecule has 4 rings (SSSR count). The van der Waals surface area contributed by atoms with Crippen LogP contribution in [0.1, 0.15) is 39.2 Å². The highest BCUT2D eigenvalue weighted by atomic mass is 35.5. The van der Waals surface area contributed by atoms with E-state index < -0.39 is 0 Å². The van der Waals surface area contributed by atoms with Crippen molar-refractivity contribution in [3.05, 3.63) is 98.8 Å². The summed E-state index contributed by atoms with van der Waals surface area (Å²) in [6.07, 6.45) is 4.19. The minimum atomic E-state index is 0.746. The average molecular weight is 401 g/mol. The summed E-state index contributed by atoms with van der Waals surface area (Å²) in [5, 5.41) is 0.746. The van der Waals surface area contributed by atoms with Gasteiger partial charge in [0.2, 0.25) is 0 Å². The van der Waals surface area contributed by atoms with Crippen molar-refractivity contribution < 1.29 is 0 Å². The van der Waals surface area contributed by atoms with Crippen LogP contribution in [0.4, 0.5) is 0 Å². The van der Waals surface area contributed by atoms with Gasteiger partial charge in [0.25, 0.3) is 0 Å². The van der Waals surface area contributed by atoms with Gasteiger partial charge < -0.3 is 4.57 Å². The Morgan fingerprint density at radius 3 is 2.21 bits per heavy atom. The summed E-state index contributed by atoms with van der Waals surface area (Å²) in [5.74, 6) is 0.958. The highest BCUT2D eigenvalue weighted by Gasteiger charge is 2.14. The summed E-state index contributed by atoms with van der Waals surface area (Å²) in [6, 6.07) is 18.5. The van der Waals surface area contributed by atoms with Gasteiger partial charge in [-0.05, 0) is 91.4 Å². The molecular formula is C26H25ClN2. The zero-order chi connectivity index (χ0) is 20.5. The second-order valence-electron chi connectivity index (χ2n) is 7.67. The summed E-state index contributed by atoms with van der Waals surface area (Å²) in [7, 11) is 0. The van der Waals surface area contributed by atoms with Gasteiger partial charge in [0.1, 0.15) is 5.82 Å². The minimum Gasteiger partial charge on any atom is -0.320 e. The molecule has 0 bridgehead atoms. The predicted molar refractivity (Wildman–Crippen MR) is 125 cm³/mol. The number of nitrogens with zero attached hydrogens (tertiary/aromatic N) is 2. The smallest absolute Gasteiger partial charge is 0.134 e. The summed E-state index contributed by atoms with van der Waals surface area (Å²) >= 11 is 6.01. The van der Waals surface area contributed by atoms with Crippen LogP contribution in [0.5, 0.6) is 0 Å². The number of halogens is 1. The van der Waals surface area contributed by atoms with E-state index in [0.29, 0.717) is 0 Å². The molecule has 0 fully saturated rings. The zero-order valence-electron chi connectivity index (χ0n) is 17.3. The van der Waals surface area contributed by atoms with E-state index in [9.17, 15) is 0 Å². The first-order valence-electron chi connectivity index (χ1n) is 9.89. The summed E-state index contributed by atoms with van der Waals surface area (Å²) in [6.45, 7) is 9.64. The van der Waals surface area contributed by atoms with Gasteiger partial charge in [-0.15, -0.1) is 0 Å². The molecule has 0 unspecified atom stereocenters. The van der Waals surface area contributed by atoms with Gasteiger partial charge in [0.05, 0.1) is 17.6 Å². The Kier molecular flexibility index (Phi) is 5.29. The van der Waals surface area contributed by atoms with Crippen molar-refractivity contribution in [2.45, 2.75) is 34.2 Å². The lowest BCUT2D eigenvalue weighted by Gasteiger charge is -2.17. The van der Waals surface area contributed by atoms with E-state index in [1.807, 2.05) is 30.3 Å². The molecule has 0 aliphatic rings. The van der Waals surface area contributed by atoms with E-state index in [-0.39, 0.29) is 0 Å². The SMILES string of the molecule is Cc1cc(C)c(C)c(Cn2c(C=Cc3ccc(Cl)cc3)nc3ccccc32)c1C. The van der Waals surface area contributed by atoms with Gasteiger partial charge in [-0.25, -0.2) is 4.98 Å². The lowest BCUT2D eigenvalue weighted by molar-refractivity contribution is 0.799. The fourth-order valence-corrected chi connectivity index (χ4v) is 3.95. The zero-order valence-corrected chi connectivity index (χ0v) is 18.1. The van der Waals surface area contributed by atoms with Crippen LogP contribution in [0.3, 0.4) is 0 Å². The molecule has 0 N–H and O–H groups in total. The van der Waals surface area contributed by atoms with Crippen LogP contribution >= 0.6 is 11.6 Å². The van der Waals surface area contributed by atoms with Crippen molar-refractivity contribution >= 4 is 34.8 Å². The third kappa shape index (κ3) is 3.86. The van der Waals surface area contributed by atoms with Crippen LogP contribution in [0.25, 0.3) is 23.2 Å². The third-order valence-corrected chi connectivity index (χ3v) is 6.07. The highest BCUT2D eigenvalue weighted by Crippen LogP contribution is 2.26. The van der Waals surface area contributed by atoms with Crippen LogP contribution in [0.2, 0.25) is 5.02 Å². The molecule has 0 amide bonds. The summed E-state index contributed by atoms with van der Waals surface area (Å²) in [4.78, 5) is 4.90. The van der Waals surface area contributed by atoms with Crippen molar-refractivity contribution in [3.63, 3.8) is 0 Å². The van der Waals surface area contributed by atoms with Gasteiger partial charge >= 0.3 is 0 Å². The van der Waals surface area contributed by atoms with Crippen molar-refractivity contribution in [2.75, 3.05) is 0 Å². The summed E-state index contributed by atoms with van der Waals surface area (Å²) < 4.78 is 2.32. The Bertz CT molecular complexity index is 1190. The maximum absolute atomic E-state index is 6.01. The molecule has 146 valence electrons. The molecule has 1 heterocycles. The van der Waals surface area contributed by atoms with E-state index in [4.69, 9.17) is 16.6 Å². The van der Waals surface area contributed by atoms with Crippen molar-refractivity contribution in [2.24, 2.45) is 0 Å². The van der Waals surface area contributed by atoms with Crippen molar-refractivity contribution in [1.29, 1.82) is 0 Å². The van der Waals surface area contributed by atoms with Gasteiger partial charge in [0.15, 0.2) is 0 Å². The second kappa shape index (κ2) is 7.88. The molecule has 4 aromatic rings. The fraction of sp³-hybridized carbons (Fsp3) is 0.192. The number of aryl methyl sites for hydroxylation is 2. The van der Waals surface area contributed by atoms with Gasteiger partial charge in [-0.2, -0.15) is 0 Å². The lowest BCUT2D eigenvalue weighted by Crippen LogP contribution is -2.07. The van der Waals surface area contributed by atoms with Crippen LogP contribution in [-0.4, -0.2) is 9.55 Å². The molecule has 0 spiro atoms. The molecule has 0 radical (unpaired) electrons. The maximum Gasteiger partial charge on any atom is 0.134 e. The Morgan fingerprint density at radius 2 is 1.52 bits per heavy atom.